The van der Waals surface area contributed by atoms with Gasteiger partial charge in [0.05, 0.1) is 24.1 Å². The Kier molecular flexibility index (Phi) is 17.5. The Bertz CT molecular complexity index is 4160. The van der Waals surface area contributed by atoms with E-state index in [0.717, 1.165) is 64.1 Å². The molecule has 0 spiro atoms. The van der Waals surface area contributed by atoms with E-state index in [1.165, 1.54) is 72.8 Å². The molecule has 18 heteroatoms. The van der Waals surface area contributed by atoms with Gasteiger partial charge in [-0.25, -0.2) is 8.42 Å². The molecule has 0 saturated heterocycles. The normalized spacial score (nSPS) is 16.5. The first-order valence-corrected chi connectivity index (χ1v) is 28.2. The molecule has 10 aromatic rings. The van der Waals surface area contributed by atoms with Gasteiger partial charge in [-0.2, -0.15) is 30.7 Å². The van der Waals surface area contributed by atoms with E-state index in [4.69, 9.17) is 23.7 Å². The summed E-state index contributed by atoms with van der Waals surface area (Å²) in [6.45, 7) is 3.68. The van der Waals surface area contributed by atoms with Gasteiger partial charge in [0.15, 0.2) is 6.26 Å². The zero-order chi connectivity index (χ0) is 62.3. The molecule has 1 saturated carbocycles. The average molecular weight is 1220 g/mol. The van der Waals surface area contributed by atoms with Crippen molar-refractivity contribution in [3.8, 4) is 96.3 Å². The highest BCUT2D eigenvalue weighted by Gasteiger charge is 3.03. The van der Waals surface area contributed by atoms with Crippen molar-refractivity contribution in [2.75, 3.05) is 14.3 Å². The average Bonchev–Trinajstić information content (AvgIpc) is 0.658. The first-order valence-electron chi connectivity index (χ1n) is 26.7. The van der Waals surface area contributed by atoms with E-state index < -0.39 is 50.9 Å². The summed E-state index contributed by atoms with van der Waals surface area (Å²) in [6.07, 6.45) is 2.40. The van der Waals surface area contributed by atoms with Crippen molar-refractivity contribution >= 4 is 15.9 Å². The number of sulfone groups is 1. The van der Waals surface area contributed by atoms with E-state index in [-0.39, 0.29) is 15.5 Å². The predicted octanol–water partition coefficient (Wildman–Crippen LogP) is 19.3. The molecule has 1 aliphatic carbocycles. The molecule has 1 aliphatic rings. The van der Waals surface area contributed by atoms with Crippen molar-refractivity contribution in [1.29, 1.82) is 0 Å². The van der Waals surface area contributed by atoms with Gasteiger partial charge in [0.1, 0.15) is 51.7 Å². The Hall–Kier alpha value is -10.3. The summed E-state index contributed by atoms with van der Waals surface area (Å²) in [6, 6.07) is 62.8. The molecule has 10 aromatic carbocycles. The number of methoxy groups -OCH3 is 1. The van der Waals surface area contributed by atoms with E-state index in [1.807, 2.05) is 60.7 Å². The molecule has 0 bridgehead atoms. The number of hydrogen-bond acceptors (Lipinski definition) is 9. The monoisotopic (exact) mass is 1220 g/mol. The van der Waals surface area contributed by atoms with Crippen LogP contribution in [-0.4, -0.2) is 46.3 Å². The van der Waals surface area contributed by atoms with Crippen molar-refractivity contribution in [1.82, 2.24) is 0 Å². The van der Waals surface area contributed by atoms with Crippen LogP contribution >= 0.6 is 0 Å². The van der Waals surface area contributed by atoms with Crippen molar-refractivity contribution in [3.63, 3.8) is 0 Å². The molecule has 88 heavy (non-hydrogen) atoms. The minimum absolute atomic E-state index is 0.0666. The summed E-state index contributed by atoms with van der Waals surface area (Å²) in [5.41, 5.74) is 6.66. The molecule has 1 fully saturated rings. The van der Waals surface area contributed by atoms with Gasteiger partial charge in [0.2, 0.25) is 9.84 Å². The third-order valence-corrected chi connectivity index (χ3v) is 15.9. The molecule has 2 unspecified atom stereocenters. The SMILES string of the molecule is C=Cc1ccc(-c2ccc(OC3(F)C(F)(F)C(F)(F)C3(F)Oc3ccc(-c4ccc(O/C(F)=C/Oc5ccc(-c6ccc(Oc7ccc(S(=O)(=O)c8ccc(Oc9ccc(-c%10ccc(OC)cc%10)cc9)cc8)cc7)cc6)cc5)cc4)cc3)cc2)cc1.CF. The van der Waals surface area contributed by atoms with E-state index >= 15 is 8.78 Å². The molecule has 0 aliphatic heterocycles. The maximum atomic E-state index is 16.0. The topological polar surface area (TPSA) is 98.8 Å². The van der Waals surface area contributed by atoms with Gasteiger partial charge in [-0.3, -0.25) is 4.39 Å². The lowest BCUT2D eigenvalue weighted by Gasteiger charge is -2.55. The largest absolute Gasteiger partial charge is 0.497 e. The van der Waals surface area contributed by atoms with E-state index in [9.17, 15) is 34.8 Å². The highest BCUT2D eigenvalue weighted by Crippen LogP contribution is 2.68. The summed E-state index contributed by atoms with van der Waals surface area (Å²) < 4.78 is 180. The number of benzene rings is 10. The number of halogens is 8. The maximum absolute atomic E-state index is 16.0. The Morgan fingerprint density at radius 1 is 0.375 bits per heavy atom. The molecule has 0 heterocycles. The number of alkyl halides is 7. The Morgan fingerprint density at radius 3 is 0.943 bits per heavy atom. The van der Waals surface area contributed by atoms with Crippen LogP contribution in [0.2, 0.25) is 0 Å². The molecular formula is C70H50F8O9S. The zero-order valence-corrected chi connectivity index (χ0v) is 47.4. The van der Waals surface area contributed by atoms with Crippen molar-refractivity contribution in [3.05, 3.63) is 267 Å². The number of hydrogen-bond donors (Lipinski definition) is 0. The molecular weight excluding hydrogens is 1170 g/mol. The molecule has 0 N–H and O–H groups in total. The minimum Gasteiger partial charge on any atom is -0.497 e. The van der Waals surface area contributed by atoms with Crippen molar-refractivity contribution < 1.29 is 76.7 Å². The highest BCUT2D eigenvalue weighted by molar-refractivity contribution is 7.91. The fraction of sp³-hybridized carbons (Fsp3) is 0.0857. The smallest absolute Gasteiger partial charge is 0.395 e. The van der Waals surface area contributed by atoms with Crippen LogP contribution < -0.4 is 33.2 Å². The van der Waals surface area contributed by atoms with Gasteiger partial charge >= 0.3 is 29.6 Å². The molecule has 0 radical (unpaired) electrons. The third kappa shape index (κ3) is 12.4. The van der Waals surface area contributed by atoms with Crippen LogP contribution in [0.25, 0.3) is 50.6 Å². The fourth-order valence-corrected chi connectivity index (χ4v) is 10.5. The van der Waals surface area contributed by atoms with Crippen LogP contribution in [0.4, 0.5) is 35.1 Å². The summed E-state index contributed by atoms with van der Waals surface area (Å²) in [4.78, 5) is 0.190. The quantitative estimate of drug-likeness (QED) is 0.0546. The van der Waals surface area contributed by atoms with Crippen LogP contribution in [0.3, 0.4) is 0 Å². The van der Waals surface area contributed by atoms with Crippen LogP contribution in [0.5, 0.6) is 51.7 Å². The van der Waals surface area contributed by atoms with Crippen molar-refractivity contribution in [2.45, 2.75) is 33.3 Å². The zero-order valence-electron chi connectivity index (χ0n) is 46.6. The van der Waals surface area contributed by atoms with Gasteiger partial charge in [-0.1, -0.05) is 122 Å². The van der Waals surface area contributed by atoms with Gasteiger partial charge in [0, 0.05) is 0 Å². The number of ether oxygens (including phenoxy) is 7. The van der Waals surface area contributed by atoms with Crippen LogP contribution in [0.1, 0.15) is 5.56 Å². The third-order valence-electron chi connectivity index (χ3n) is 14.1. The minimum atomic E-state index is -5.63. The van der Waals surface area contributed by atoms with Crippen LogP contribution in [-0.2, 0) is 9.84 Å². The second-order valence-corrected chi connectivity index (χ2v) is 21.5. The lowest BCUT2D eigenvalue weighted by atomic mass is 9.76. The fourth-order valence-electron chi connectivity index (χ4n) is 9.26. The van der Waals surface area contributed by atoms with Crippen LogP contribution in [0, 0.1) is 0 Å². The van der Waals surface area contributed by atoms with Gasteiger partial charge < -0.3 is 33.2 Å². The standard InChI is InChI=1S/C69H47F7O9S.CH3F/c1-3-45-4-6-46(7-5-45)52-18-32-61(33-19-52)84-68(75)66(71,72)67(73,74)69(68,76)85-62-34-20-53(21-35-62)51-16-30-60(31-17-51)83-65(70)44-80-55-24-10-48(11-25-55)50-14-28-57(29-15-50)82-59-38-42-64(43-39-59)86(77,78)63-40-36-58(37-41-63)81-56-26-12-49(13-27-56)47-8-22-54(79-2)23-9-47;1-2/h3-44H,1H2,2H3;1H3/b65-44+;. The first-order chi connectivity index (χ1) is 42.3. The summed E-state index contributed by atoms with van der Waals surface area (Å²) >= 11 is 0. The van der Waals surface area contributed by atoms with E-state index in [0.29, 0.717) is 58.2 Å². The molecule has 0 amide bonds. The van der Waals surface area contributed by atoms with Crippen LogP contribution in [0.15, 0.2) is 271 Å². The molecule has 0 aromatic heterocycles. The Balaban J connectivity index is 0.00000423. The molecule has 9 nitrogen and oxygen atoms in total. The van der Waals surface area contributed by atoms with Crippen molar-refractivity contribution in [2.24, 2.45) is 0 Å². The molecule has 2 atom stereocenters. The lowest BCUT2D eigenvalue weighted by Crippen LogP contribution is -2.89. The first kappa shape index (κ1) is 60.8. The molecule has 446 valence electrons. The summed E-state index contributed by atoms with van der Waals surface area (Å²) in [7, 11) is -1.73. The van der Waals surface area contributed by atoms with E-state index in [2.05, 4.69) is 16.1 Å². The predicted molar refractivity (Wildman–Crippen MR) is 319 cm³/mol. The Morgan fingerprint density at radius 2 is 0.636 bits per heavy atom. The molecule has 11 rings (SSSR count). The maximum Gasteiger partial charge on any atom is 0.395 e. The summed E-state index contributed by atoms with van der Waals surface area (Å²) in [5, 5.41) is 0. The van der Waals surface area contributed by atoms with Gasteiger partial charge in [-0.05, 0) is 184 Å². The Labute approximate surface area is 501 Å². The van der Waals surface area contributed by atoms with Gasteiger partial charge in [-0.15, -0.1) is 0 Å². The lowest BCUT2D eigenvalue weighted by molar-refractivity contribution is -0.527. The summed E-state index contributed by atoms with van der Waals surface area (Å²) in [5.74, 6) is -19.3. The van der Waals surface area contributed by atoms with E-state index in [1.54, 1.807) is 98.1 Å². The highest BCUT2D eigenvalue weighted by atomic mass is 32.2. The number of rotatable bonds is 20. The van der Waals surface area contributed by atoms with Gasteiger partial charge in [0.25, 0.3) is 0 Å². The second-order valence-electron chi connectivity index (χ2n) is 19.5. The second kappa shape index (κ2) is 25.3.